The first-order valence-electron chi connectivity index (χ1n) is 6.45. The van der Waals surface area contributed by atoms with Crippen molar-refractivity contribution in [1.82, 2.24) is 10.2 Å². The highest BCUT2D eigenvalue weighted by atomic mass is 19.1. The summed E-state index contributed by atoms with van der Waals surface area (Å²) in [5.74, 6) is -0.708. The highest BCUT2D eigenvalue weighted by Crippen LogP contribution is 2.35. The van der Waals surface area contributed by atoms with Gasteiger partial charge in [0.15, 0.2) is 0 Å². The molecule has 1 saturated carbocycles. The molecule has 1 aromatic carbocycles. The molecule has 2 rings (SSSR count). The monoisotopic (exact) mass is 265 g/mol. The van der Waals surface area contributed by atoms with Gasteiger partial charge in [0, 0.05) is 17.6 Å². The van der Waals surface area contributed by atoms with Crippen LogP contribution in [0.15, 0.2) is 18.2 Å². The number of carbonyl (C=O) groups excluding carboxylic acids is 1. The lowest BCUT2D eigenvalue weighted by atomic mass is 9.75. The van der Waals surface area contributed by atoms with Crippen molar-refractivity contribution in [2.45, 2.75) is 24.8 Å². The summed E-state index contributed by atoms with van der Waals surface area (Å²) >= 11 is 0. The Morgan fingerprint density at radius 2 is 2.16 bits per heavy atom. The summed E-state index contributed by atoms with van der Waals surface area (Å²) in [5, 5.41) is 2.91. The first-order chi connectivity index (χ1) is 8.94. The Hall–Kier alpha value is -1.62. The third kappa shape index (κ3) is 2.71. The molecule has 0 atom stereocenters. The van der Waals surface area contributed by atoms with E-state index in [1.807, 2.05) is 14.1 Å². The molecule has 104 valence electrons. The lowest BCUT2D eigenvalue weighted by Crippen LogP contribution is -2.57. The molecular weight excluding hydrogens is 245 g/mol. The van der Waals surface area contributed by atoms with Crippen LogP contribution in [0, 0.1) is 5.82 Å². The number of nitrogens with one attached hydrogen (secondary N) is 1. The zero-order valence-corrected chi connectivity index (χ0v) is 11.4. The summed E-state index contributed by atoms with van der Waals surface area (Å²) in [5.41, 5.74) is 5.93. The van der Waals surface area contributed by atoms with Gasteiger partial charge in [-0.25, -0.2) is 4.39 Å². The van der Waals surface area contributed by atoms with E-state index >= 15 is 0 Å². The third-order valence-electron chi connectivity index (χ3n) is 4.07. The summed E-state index contributed by atoms with van der Waals surface area (Å²) in [6.07, 6.45) is 3.37. The molecule has 0 heterocycles. The molecule has 0 saturated heterocycles. The molecule has 0 unspecified atom stereocenters. The fraction of sp³-hybridized carbons (Fsp3) is 0.500. The van der Waals surface area contributed by atoms with E-state index in [0.717, 1.165) is 12.8 Å². The molecule has 0 radical (unpaired) electrons. The van der Waals surface area contributed by atoms with Crippen molar-refractivity contribution in [3.05, 3.63) is 29.6 Å². The first kappa shape index (κ1) is 13.8. The Kier molecular flexibility index (Phi) is 3.75. The van der Waals surface area contributed by atoms with Crippen molar-refractivity contribution < 1.29 is 9.18 Å². The number of amides is 1. The smallest absolute Gasteiger partial charge is 0.251 e. The maximum atomic E-state index is 13.0. The molecule has 1 fully saturated rings. The van der Waals surface area contributed by atoms with Gasteiger partial charge >= 0.3 is 0 Å². The molecule has 0 aromatic heterocycles. The Morgan fingerprint density at radius 3 is 2.63 bits per heavy atom. The number of carbonyl (C=O) groups is 1. The molecule has 0 bridgehead atoms. The molecule has 0 spiro atoms. The number of likely N-dealkylation sites (N-methyl/N-ethyl adjacent to an activating group) is 1. The van der Waals surface area contributed by atoms with Gasteiger partial charge in [-0.15, -0.1) is 0 Å². The van der Waals surface area contributed by atoms with E-state index in [9.17, 15) is 9.18 Å². The van der Waals surface area contributed by atoms with Crippen LogP contribution < -0.4 is 11.1 Å². The number of benzene rings is 1. The van der Waals surface area contributed by atoms with E-state index in [4.69, 9.17) is 5.73 Å². The molecule has 1 amide bonds. The number of nitrogen functional groups attached to an aromatic ring is 1. The quantitative estimate of drug-likeness (QED) is 0.813. The van der Waals surface area contributed by atoms with Crippen LogP contribution in [0.25, 0.3) is 0 Å². The van der Waals surface area contributed by atoms with Gasteiger partial charge in [-0.2, -0.15) is 0 Å². The van der Waals surface area contributed by atoms with Crippen LogP contribution in [0.2, 0.25) is 0 Å². The van der Waals surface area contributed by atoms with Gasteiger partial charge < -0.3 is 16.0 Å². The van der Waals surface area contributed by atoms with Gasteiger partial charge in [-0.05, 0) is 51.6 Å². The van der Waals surface area contributed by atoms with Crippen LogP contribution in [0.1, 0.15) is 29.6 Å². The van der Waals surface area contributed by atoms with Crippen LogP contribution in [0.4, 0.5) is 10.1 Å². The summed E-state index contributed by atoms with van der Waals surface area (Å²) in [6.45, 7) is 0.607. The van der Waals surface area contributed by atoms with Crippen LogP contribution in [-0.2, 0) is 0 Å². The largest absolute Gasteiger partial charge is 0.396 e. The number of anilines is 1. The Balaban J connectivity index is 1.99. The van der Waals surface area contributed by atoms with Crippen molar-refractivity contribution in [2.24, 2.45) is 0 Å². The summed E-state index contributed by atoms with van der Waals surface area (Å²) < 4.78 is 13.0. The molecule has 1 aliphatic rings. The van der Waals surface area contributed by atoms with E-state index < -0.39 is 5.82 Å². The number of nitrogens with two attached hydrogens (primary N) is 1. The normalized spacial score (nSPS) is 17.1. The number of hydrogen-bond acceptors (Lipinski definition) is 3. The van der Waals surface area contributed by atoms with Crippen LogP contribution in [0.3, 0.4) is 0 Å². The Labute approximate surface area is 112 Å². The minimum Gasteiger partial charge on any atom is -0.396 e. The van der Waals surface area contributed by atoms with E-state index in [2.05, 4.69) is 10.2 Å². The van der Waals surface area contributed by atoms with Gasteiger partial charge in [0.05, 0.1) is 5.69 Å². The van der Waals surface area contributed by atoms with Crippen molar-refractivity contribution >= 4 is 11.6 Å². The Bertz CT molecular complexity index is 484. The second kappa shape index (κ2) is 5.17. The van der Waals surface area contributed by atoms with Crippen LogP contribution >= 0.6 is 0 Å². The van der Waals surface area contributed by atoms with Crippen LogP contribution in [-0.4, -0.2) is 37.0 Å². The molecule has 4 nitrogen and oxygen atoms in total. The topological polar surface area (TPSA) is 58.4 Å². The molecule has 0 aliphatic heterocycles. The van der Waals surface area contributed by atoms with Crippen LogP contribution in [0.5, 0.6) is 0 Å². The second-order valence-electron chi connectivity index (χ2n) is 5.39. The minimum absolute atomic E-state index is 0.00128. The summed E-state index contributed by atoms with van der Waals surface area (Å²) in [7, 11) is 4.06. The van der Waals surface area contributed by atoms with Crippen molar-refractivity contribution in [3.63, 3.8) is 0 Å². The van der Waals surface area contributed by atoms with Gasteiger partial charge in [0.1, 0.15) is 5.82 Å². The average Bonchev–Trinajstić information content (AvgIpc) is 2.30. The number of hydrogen-bond donors (Lipinski definition) is 2. The highest BCUT2D eigenvalue weighted by Gasteiger charge is 2.39. The van der Waals surface area contributed by atoms with E-state index in [1.165, 1.54) is 24.6 Å². The number of rotatable bonds is 4. The average molecular weight is 265 g/mol. The lowest BCUT2D eigenvalue weighted by molar-refractivity contribution is 0.0557. The maximum absolute atomic E-state index is 13.0. The Morgan fingerprint density at radius 1 is 1.47 bits per heavy atom. The molecule has 1 aromatic rings. The van der Waals surface area contributed by atoms with Gasteiger partial charge in [-0.3, -0.25) is 4.79 Å². The fourth-order valence-corrected chi connectivity index (χ4v) is 2.40. The standard InChI is InChI=1S/C14H20FN3O/c1-18(2)14(6-3-7-14)9-17-13(19)10-4-5-11(15)12(16)8-10/h4-5,8H,3,6-7,9,16H2,1-2H3,(H,17,19). The van der Waals surface area contributed by atoms with E-state index in [1.54, 1.807) is 0 Å². The molecular formula is C14H20FN3O. The summed E-state index contributed by atoms with van der Waals surface area (Å²) in [4.78, 5) is 14.2. The van der Waals surface area contributed by atoms with Gasteiger partial charge in [0.2, 0.25) is 0 Å². The molecule has 1 aliphatic carbocycles. The van der Waals surface area contributed by atoms with Gasteiger partial charge in [-0.1, -0.05) is 0 Å². The molecule has 5 heteroatoms. The number of halogens is 1. The maximum Gasteiger partial charge on any atom is 0.251 e. The highest BCUT2D eigenvalue weighted by molar-refractivity contribution is 5.95. The molecule has 19 heavy (non-hydrogen) atoms. The van der Waals surface area contributed by atoms with Crippen molar-refractivity contribution in [1.29, 1.82) is 0 Å². The number of nitrogens with zero attached hydrogens (tertiary/aromatic N) is 1. The SMILES string of the molecule is CN(C)C1(CNC(=O)c2ccc(F)c(N)c2)CCC1. The second-order valence-corrected chi connectivity index (χ2v) is 5.39. The third-order valence-corrected chi connectivity index (χ3v) is 4.07. The first-order valence-corrected chi connectivity index (χ1v) is 6.45. The summed E-state index contributed by atoms with van der Waals surface area (Å²) in [6, 6.07) is 4.03. The van der Waals surface area contributed by atoms with E-state index in [0.29, 0.717) is 12.1 Å². The van der Waals surface area contributed by atoms with E-state index in [-0.39, 0.29) is 17.1 Å². The van der Waals surface area contributed by atoms with Crippen molar-refractivity contribution in [2.75, 3.05) is 26.4 Å². The van der Waals surface area contributed by atoms with Gasteiger partial charge in [0.25, 0.3) is 5.91 Å². The lowest BCUT2D eigenvalue weighted by Gasteiger charge is -2.47. The minimum atomic E-state index is -0.500. The zero-order chi connectivity index (χ0) is 14.0. The van der Waals surface area contributed by atoms with Crippen molar-refractivity contribution in [3.8, 4) is 0 Å². The predicted octanol–water partition coefficient (Wildman–Crippen LogP) is 1.62. The molecule has 3 N–H and O–H groups in total. The zero-order valence-electron chi connectivity index (χ0n) is 11.4. The fourth-order valence-electron chi connectivity index (χ4n) is 2.40. The predicted molar refractivity (Wildman–Crippen MR) is 73.4 cm³/mol.